The van der Waals surface area contributed by atoms with Crippen LogP contribution in [0.5, 0.6) is 0 Å². The Hall–Kier alpha value is -1.43. The van der Waals surface area contributed by atoms with Crippen LogP contribution in [0.25, 0.3) is 0 Å². The summed E-state index contributed by atoms with van der Waals surface area (Å²) in [6.07, 6.45) is 0. The maximum absolute atomic E-state index is 11.6. The molecule has 6 heteroatoms. The molecule has 0 fully saturated rings. The normalized spacial score (nSPS) is 16.2. The van der Waals surface area contributed by atoms with Crippen LogP contribution in [0.4, 0.5) is 5.69 Å². The van der Waals surface area contributed by atoms with E-state index >= 15 is 0 Å². The highest BCUT2D eigenvalue weighted by Gasteiger charge is 2.26. The molecule has 2 aromatic rings. The number of carbonyl (C=O) groups excluding carboxylic acids is 1. The van der Waals surface area contributed by atoms with Crippen molar-refractivity contribution in [3.8, 4) is 0 Å². The lowest BCUT2D eigenvalue weighted by molar-refractivity contribution is -0.139. The monoisotopic (exact) mass is 377 g/mol. The zero-order chi connectivity index (χ0) is 16.9. The van der Waals surface area contributed by atoms with Crippen LogP contribution in [0.15, 0.2) is 53.5 Å². The third-order valence-corrected chi connectivity index (χ3v) is 6.07. The summed E-state index contributed by atoms with van der Waals surface area (Å²) in [5.41, 5.74) is 3.19. The molecule has 0 saturated heterocycles. The SMILES string of the molecule is CCOC(=O)CSC1=Nc2ccc(Cl)cc2C(c2ccccc2)S1. The van der Waals surface area contributed by atoms with Gasteiger partial charge in [0.25, 0.3) is 0 Å². The predicted molar refractivity (Wildman–Crippen MR) is 104 cm³/mol. The Bertz CT molecular complexity index is 765. The van der Waals surface area contributed by atoms with Gasteiger partial charge >= 0.3 is 5.97 Å². The summed E-state index contributed by atoms with van der Waals surface area (Å²) >= 11 is 9.24. The highest BCUT2D eigenvalue weighted by Crippen LogP contribution is 2.47. The summed E-state index contributed by atoms with van der Waals surface area (Å²) < 4.78 is 5.86. The Balaban J connectivity index is 1.88. The fourth-order valence-corrected chi connectivity index (χ4v) is 4.76. The van der Waals surface area contributed by atoms with E-state index in [9.17, 15) is 4.79 Å². The van der Waals surface area contributed by atoms with Gasteiger partial charge in [-0.25, -0.2) is 4.99 Å². The molecular formula is C18H16ClNO2S2. The van der Waals surface area contributed by atoms with E-state index in [0.29, 0.717) is 11.6 Å². The second-order valence-corrected chi connectivity index (χ2v) is 7.84. The molecule has 0 N–H and O–H groups in total. The first-order valence-corrected chi connectivity index (χ1v) is 9.80. The summed E-state index contributed by atoms with van der Waals surface area (Å²) in [6.45, 7) is 2.20. The first-order chi connectivity index (χ1) is 11.7. The van der Waals surface area contributed by atoms with Crippen LogP contribution in [0.3, 0.4) is 0 Å². The Kier molecular flexibility index (Phi) is 5.87. The quantitative estimate of drug-likeness (QED) is 0.663. The number of carbonyl (C=O) groups is 1. The molecule has 0 amide bonds. The number of hydrogen-bond acceptors (Lipinski definition) is 5. The van der Waals surface area contributed by atoms with Crippen molar-refractivity contribution in [1.82, 2.24) is 0 Å². The predicted octanol–water partition coefficient (Wildman–Crippen LogP) is 5.46. The third-order valence-electron chi connectivity index (χ3n) is 3.42. The summed E-state index contributed by atoms with van der Waals surface area (Å²) in [5.74, 6) is 0.0494. The standard InChI is InChI=1S/C18H16ClNO2S2/c1-2-22-16(21)11-23-18-20-15-9-8-13(19)10-14(15)17(24-18)12-6-4-3-5-7-12/h3-10,17H,2,11H2,1H3. The lowest BCUT2D eigenvalue weighted by Gasteiger charge is -2.24. The van der Waals surface area contributed by atoms with E-state index in [1.165, 1.54) is 17.3 Å². The minimum Gasteiger partial charge on any atom is -0.465 e. The number of fused-ring (bicyclic) bond motifs is 1. The van der Waals surface area contributed by atoms with Gasteiger partial charge < -0.3 is 4.74 Å². The molecule has 124 valence electrons. The van der Waals surface area contributed by atoms with Crippen LogP contribution in [0, 0.1) is 0 Å². The molecule has 0 bridgehead atoms. The lowest BCUT2D eigenvalue weighted by atomic mass is 10.0. The number of halogens is 1. The molecule has 1 atom stereocenters. The van der Waals surface area contributed by atoms with E-state index in [1.54, 1.807) is 18.7 Å². The summed E-state index contributed by atoms with van der Waals surface area (Å²) in [5, 5.41) is 0.815. The van der Waals surface area contributed by atoms with E-state index in [-0.39, 0.29) is 17.0 Å². The first-order valence-electron chi connectivity index (χ1n) is 7.55. The fraction of sp³-hybridized carbons (Fsp3) is 0.222. The van der Waals surface area contributed by atoms with Crippen molar-refractivity contribution >= 4 is 51.2 Å². The lowest BCUT2D eigenvalue weighted by Crippen LogP contribution is -2.10. The summed E-state index contributed by atoms with van der Waals surface area (Å²) in [6, 6.07) is 16.0. The molecule has 0 aromatic heterocycles. The molecule has 3 nitrogen and oxygen atoms in total. The molecular weight excluding hydrogens is 362 g/mol. The van der Waals surface area contributed by atoms with E-state index in [2.05, 4.69) is 17.1 Å². The number of benzene rings is 2. The van der Waals surface area contributed by atoms with Gasteiger partial charge in [-0.2, -0.15) is 0 Å². The Morgan fingerprint density at radius 3 is 2.83 bits per heavy atom. The molecule has 1 aliphatic rings. The first kappa shape index (κ1) is 17.4. The van der Waals surface area contributed by atoms with Crippen LogP contribution in [0.2, 0.25) is 5.02 Å². The zero-order valence-electron chi connectivity index (χ0n) is 13.1. The minimum atomic E-state index is -0.219. The maximum atomic E-state index is 11.6. The summed E-state index contributed by atoms with van der Waals surface area (Å²) in [4.78, 5) is 16.3. The van der Waals surface area contributed by atoms with Gasteiger partial charge in [0.05, 0.1) is 23.3 Å². The van der Waals surface area contributed by atoms with E-state index < -0.39 is 0 Å². The molecule has 1 aliphatic heterocycles. The van der Waals surface area contributed by atoms with Gasteiger partial charge in [0, 0.05) is 5.02 Å². The maximum Gasteiger partial charge on any atom is 0.316 e. The fourth-order valence-electron chi connectivity index (χ4n) is 2.39. The molecule has 0 saturated carbocycles. The van der Waals surface area contributed by atoms with Crippen LogP contribution < -0.4 is 0 Å². The molecule has 1 heterocycles. The second-order valence-electron chi connectivity index (χ2n) is 5.08. The number of esters is 1. The average molecular weight is 378 g/mol. The van der Waals surface area contributed by atoms with Gasteiger partial charge in [0.2, 0.25) is 0 Å². The minimum absolute atomic E-state index is 0.113. The van der Waals surface area contributed by atoms with Crippen LogP contribution in [0.1, 0.15) is 23.3 Å². The van der Waals surface area contributed by atoms with Crippen LogP contribution >= 0.6 is 35.1 Å². The highest BCUT2D eigenvalue weighted by molar-refractivity contribution is 8.39. The number of hydrogen-bond donors (Lipinski definition) is 0. The Morgan fingerprint density at radius 2 is 2.08 bits per heavy atom. The number of rotatable bonds is 4. The Labute approximate surface area is 154 Å². The van der Waals surface area contributed by atoms with Gasteiger partial charge in [0.1, 0.15) is 4.38 Å². The zero-order valence-corrected chi connectivity index (χ0v) is 15.5. The van der Waals surface area contributed by atoms with Gasteiger partial charge in [-0.1, -0.05) is 65.5 Å². The second kappa shape index (κ2) is 8.10. The van der Waals surface area contributed by atoms with Crippen LogP contribution in [-0.2, 0) is 9.53 Å². The van der Waals surface area contributed by atoms with Crippen molar-refractivity contribution in [3.63, 3.8) is 0 Å². The smallest absolute Gasteiger partial charge is 0.316 e. The number of nitrogens with zero attached hydrogens (tertiary/aromatic N) is 1. The summed E-state index contributed by atoms with van der Waals surface area (Å²) in [7, 11) is 0. The van der Waals surface area contributed by atoms with Crippen molar-refractivity contribution in [2.75, 3.05) is 12.4 Å². The van der Waals surface area contributed by atoms with Crippen LogP contribution in [-0.4, -0.2) is 22.7 Å². The number of ether oxygens (including phenoxy) is 1. The average Bonchev–Trinajstić information content (AvgIpc) is 2.60. The highest BCUT2D eigenvalue weighted by atomic mass is 35.5. The van der Waals surface area contributed by atoms with Crippen molar-refractivity contribution in [1.29, 1.82) is 0 Å². The number of aliphatic imine (C=N–C) groups is 1. The molecule has 0 aliphatic carbocycles. The van der Waals surface area contributed by atoms with Crippen molar-refractivity contribution in [2.24, 2.45) is 4.99 Å². The number of thioether (sulfide) groups is 2. The third kappa shape index (κ3) is 4.15. The van der Waals surface area contributed by atoms with Crippen molar-refractivity contribution < 1.29 is 9.53 Å². The largest absolute Gasteiger partial charge is 0.465 e. The molecule has 0 spiro atoms. The van der Waals surface area contributed by atoms with E-state index in [1.807, 2.05) is 36.4 Å². The van der Waals surface area contributed by atoms with Crippen molar-refractivity contribution in [3.05, 3.63) is 64.7 Å². The molecule has 1 unspecified atom stereocenters. The van der Waals surface area contributed by atoms with E-state index in [0.717, 1.165) is 15.6 Å². The Morgan fingerprint density at radius 1 is 1.29 bits per heavy atom. The molecule has 24 heavy (non-hydrogen) atoms. The van der Waals surface area contributed by atoms with E-state index in [4.69, 9.17) is 16.3 Å². The van der Waals surface area contributed by atoms with Gasteiger partial charge in [-0.05, 0) is 36.2 Å². The van der Waals surface area contributed by atoms with Gasteiger partial charge in [-0.3, -0.25) is 4.79 Å². The van der Waals surface area contributed by atoms with Gasteiger partial charge in [-0.15, -0.1) is 0 Å². The molecule has 3 rings (SSSR count). The van der Waals surface area contributed by atoms with Gasteiger partial charge in [0.15, 0.2) is 0 Å². The molecule has 2 aromatic carbocycles. The van der Waals surface area contributed by atoms with Crippen molar-refractivity contribution in [2.45, 2.75) is 12.2 Å². The molecule has 0 radical (unpaired) electrons. The topological polar surface area (TPSA) is 38.7 Å².